The second kappa shape index (κ2) is 7.95. The van der Waals surface area contributed by atoms with Crippen molar-refractivity contribution in [3.63, 3.8) is 0 Å². The summed E-state index contributed by atoms with van der Waals surface area (Å²) in [6, 6.07) is 25.1. The van der Waals surface area contributed by atoms with Crippen molar-refractivity contribution in [2.75, 3.05) is 26.7 Å². The third kappa shape index (κ3) is 3.05. The van der Waals surface area contributed by atoms with Gasteiger partial charge in [0.15, 0.2) is 0 Å². The van der Waals surface area contributed by atoms with Crippen LogP contribution in [-0.2, 0) is 11.1 Å². The minimum Gasteiger partial charge on any atom is -0.497 e. The molecular formula is C28H32N2O2. The van der Waals surface area contributed by atoms with Gasteiger partial charge in [0.05, 0.1) is 12.6 Å². The van der Waals surface area contributed by atoms with Crippen LogP contribution in [0.2, 0.25) is 0 Å². The van der Waals surface area contributed by atoms with Crippen LogP contribution in [0.25, 0.3) is 21.8 Å². The number of hydrogen-bond donors (Lipinski definition) is 1. The lowest BCUT2D eigenvalue weighted by atomic mass is 9.70. The Morgan fingerprint density at radius 3 is 2.06 bits per heavy atom. The molecule has 1 fully saturated rings. The molecule has 1 N–H and O–H groups in total. The van der Waals surface area contributed by atoms with Gasteiger partial charge in [-0.3, -0.25) is 0 Å². The number of hydrogen-bond acceptors (Lipinski definition) is 3. The van der Waals surface area contributed by atoms with Crippen molar-refractivity contribution >= 4 is 21.8 Å². The summed E-state index contributed by atoms with van der Waals surface area (Å²) in [6.45, 7) is 7.15. The number of para-hydroxylation sites is 2. The van der Waals surface area contributed by atoms with Gasteiger partial charge in [-0.15, -0.1) is 0 Å². The fraction of sp³-hybridized carbons (Fsp3) is 0.357. The Morgan fingerprint density at radius 2 is 1.50 bits per heavy atom. The number of fused-ring (bicyclic) bond motifs is 3. The van der Waals surface area contributed by atoms with Crippen LogP contribution >= 0.6 is 0 Å². The van der Waals surface area contributed by atoms with Crippen molar-refractivity contribution < 1.29 is 9.84 Å². The van der Waals surface area contributed by atoms with Gasteiger partial charge in [-0.25, -0.2) is 0 Å². The molecular weight excluding hydrogens is 396 g/mol. The van der Waals surface area contributed by atoms with E-state index in [1.807, 2.05) is 24.3 Å². The average Bonchev–Trinajstić information content (AvgIpc) is 3.17. The Kier molecular flexibility index (Phi) is 5.23. The molecule has 5 rings (SSSR count). The summed E-state index contributed by atoms with van der Waals surface area (Å²) in [6.07, 6.45) is 1.78. The van der Waals surface area contributed by atoms with Gasteiger partial charge in [0.2, 0.25) is 0 Å². The fourth-order valence-corrected chi connectivity index (χ4v) is 5.77. The number of ether oxygens (including phenoxy) is 1. The Balaban J connectivity index is 1.78. The second-order valence-electron chi connectivity index (χ2n) is 9.26. The lowest BCUT2D eigenvalue weighted by molar-refractivity contribution is -0.121. The highest BCUT2D eigenvalue weighted by Gasteiger charge is 2.53. The summed E-state index contributed by atoms with van der Waals surface area (Å²) in [7, 11) is 1.68. The number of aromatic nitrogens is 1. The van der Waals surface area contributed by atoms with Gasteiger partial charge in [0.25, 0.3) is 0 Å². The predicted octanol–water partition coefficient (Wildman–Crippen LogP) is 5.52. The van der Waals surface area contributed by atoms with Gasteiger partial charge in [-0.05, 0) is 56.1 Å². The van der Waals surface area contributed by atoms with Crippen molar-refractivity contribution in [3.05, 3.63) is 78.4 Å². The van der Waals surface area contributed by atoms with E-state index in [2.05, 4.69) is 71.8 Å². The first-order valence-electron chi connectivity index (χ1n) is 11.6. The molecule has 32 heavy (non-hydrogen) atoms. The van der Waals surface area contributed by atoms with E-state index in [0.717, 1.165) is 37.4 Å². The summed E-state index contributed by atoms with van der Waals surface area (Å²) in [5, 5.41) is 15.0. The highest BCUT2D eigenvalue weighted by molar-refractivity contribution is 6.08. The minimum atomic E-state index is -1.02. The number of nitrogens with zero attached hydrogens (tertiary/aromatic N) is 2. The Hall–Kier alpha value is -2.82. The zero-order chi connectivity index (χ0) is 22.3. The van der Waals surface area contributed by atoms with Gasteiger partial charge in [0, 0.05) is 34.9 Å². The van der Waals surface area contributed by atoms with E-state index in [4.69, 9.17) is 4.74 Å². The molecule has 0 radical (unpaired) electrons. The molecule has 1 saturated heterocycles. The molecule has 166 valence electrons. The first-order chi connectivity index (χ1) is 15.5. The number of piperidine rings is 1. The summed E-state index contributed by atoms with van der Waals surface area (Å²) in [5.74, 6) is 0.805. The van der Waals surface area contributed by atoms with E-state index < -0.39 is 11.1 Å². The maximum atomic E-state index is 12.5. The van der Waals surface area contributed by atoms with E-state index in [-0.39, 0.29) is 0 Å². The van der Waals surface area contributed by atoms with Gasteiger partial charge in [-0.1, -0.05) is 55.5 Å². The Morgan fingerprint density at radius 1 is 0.906 bits per heavy atom. The fourth-order valence-electron chi connectivity index (χ4n) is 5.77. The minimum absolute atomic E-state index is 0.558. The normalized spacial score (nSPS) is 24.2. The van der Waals surface area contributed by atoms with E-state index >= 15 is 0 Å². The van der Waals surface area contributed by atoms with Gasteiger partial charge < -0.3 is 19.3 Å². The molecule has 0 spiro atoms. The maximum Gasteiger partial charge on any atom is 0.118 e. The van der Waals surface area contributed by atoms with Crippen molar-refractivity contribution in [2.45, 2.75) is 37.8 Å². The number of methoxy groups -OCH3 is 1. The number of aliphatic hydroxyl groups is 1. The molecule has 1 aliphatic heterocycles. The Bertz CT molecular complexity index is 1190. The van der Waals surface area contributed by atoms with E-state index in [0.29, 0.717) is 6.42 Å². The van der Waals surface area contributed by atoms with Gasteiger partial charge in [0.1, 0.15) is 11.4 Å². The van der Waals surface area contributed by atoms with Crippen LogP contribution in [0.1, 0.15) is 32.3 Å². The van der Waals surface area contributed by atoms with Crippen molar-refractivity contribution in [2.24, 2.45) is 0 Å². The molecule has 3 aromatic carbocycles. The molecule has 1 aromatic heterocycles. The third-order valence-electron chi connectivity index (χ3n) is 7.39. The van der Waals surface area contributed by atoms with Gasteiger partial charge in [-0.2, -0.15) is 0 Å². The molecule has 0 aliphatic carbocycles. The lowest BCUT2D eigenvalue weighted by Crippen LogP contribution is -2.62. The molecule has 2 atom stereocenters. The molecule has 4 nitrogen and oxygen atoms in total. The molecule has 0 saturated carbocycles. The zero-order valence-electron chi connectivity index (χ0n) is 19.2. The quantitative estimate of drug-likeness (QED) is 0.455. The summed E-state index contributed by atoms with van der Waals surface area (Å²) < 4.78 is 7.79. The zero-order valence-corrected chi connectivity index (χ0v) is 19.2. The molecule has 1 aliphatic rings. The van der Waals surface area contributed by atoms with Crippen LogP contribution in [0.5, 0.6) is 5.75 Å². The van der Waals surface area contributed by atoms with Crippen LogP contribution in [0, 0.1) is 0 Å². The summed E-state index contributed by atoms with van der Waals surface area (Å²) >= 11 is 0. The van der Waals surface area contributed by atoms with Crippen LogP contribution in [0.15, 0.2) is 72.8 Å². The van der Waals surface area contributed by atoms with Crippen LogP contribution in [-0.4, -0.2) is 41.3 Å². The van der Waals surface area contributed by atoms with Crippen LogP contribution < -0.4 is 4.74 Å². The lowest BCUT2D eigenvalue weighted by Gasteiger charge is -2.53. The Labute approximate surface area is 190 Å². The monoisotopic (exact) mass is 428 g/mol. The third-order valence-corrected chi connectivity index (χ3v) is 7.39. The first-order valence-corrected chi connectivity index (χ1v) is 11.6. The average molecular weight is 429 g/mol. The number of likely N-dealkylation sites (tertiary alicyclic amines) is 1. The standard InChI is InChI=1S/C28H32N2O2/c1-4-18-29-19-17-28(31,21-13-15-22(32-3)16-14-21)27(2,20-29)30-25-11-7-5-9-23(25)24-10-6-8-12-26(24)30/h5-16,31H,4,17-20H2,1-3H3. The number of benzene rings is 3. The highest BCUT2D eigenvalue weighted by Crippen LogP contribution is 2.48. The first kappa shape index (κ1) is 21.0. The SMILES string of the molecule is CCCN1CCC(O)(c2ccc(OC)cc2)C(C)(n2c3ccccc3c3ccccc32)C1. The van der Waals surface area contributed by atoms with E-state index in [9.17, 15) is 5.11 Å². The molecule has 4 heteroatoms. The molecule has 2 unspecified atom stereocenters. The summed E-state index contributed by atoms with van der Waals surface area (Å²) in [5.41, 5.74) is 1.70. The summed E-state index contributed by atoms with van der Waals surface area (Å²) in [4.78, 5) is 2.50. The van der Waals surface area contributed by atoms with Crippen LogP contribution in [0.3, 0.4) is 0 Å². The topological polar surface area (TPSA) is 37.6 Å². The molecule has 2 heterocycles. The van der Waals surface area contributed by atoms with Crippen molar-refractivity contribution in [1.82, 2.24) is 9.47 Å². The molecule has 0 bridgehead atoms. The maximum absolute atomic E-state index is 12.5. The smallest absolute Gasteiger partial charge is 0.118 e. The predicted molar refractivity (Wildman–Crippen MR) is 131 cm³/mol. The van der Waals surface area contributed by atoms with Gasteiger partial charge >= 0.3 is 0 Å². The highest BCUT2D eigenvalue weighted by atomic mass is 16.5. The molecule has 0 amide bonds. The second-order valence-corrected chi connectivity index (χ2v) is 9.26. The van der Waals surface area contributed by atoms with Crippen LogP contribution in [0.4, 0.5) is 0 Å². The van der Waals surface area contributed by atoms with E-state index in [1.54, 1.807) is 7.11 Å². The number of rotatable bonds is 5. The van der Waals surface area contributed by atoms with Crippen molar-refractivity contribution in [3.8, 4) is 5.75 Å². The van der Waals surface area contributed by atoms with E-state index in [1.165, 1.54) is 21.8 Å². The molecule has 4 aromatic rings. The largest absolute Gasteiger partial charge is 0.497 e. The van der Waals surface area contributed by atoms with Crippen molar-refractivity contribution in [1.29, 1.82) is 0 Å².